The van der Waals surface area contributed by atoms with Crippen molar-refractivity contribution in [2.24, 2.45) is 0 Å². The zero-order valence-corrected chi connectivity index (χ0v) is 17.9. The molecule has 0 aliphatic heterocycles. The van der Waals surface area contributed by atoms with Crippen molar-refractivity contribution in [1.82, 2.24) is 4.98 Å². The number of anilines is 1. The summed E-state index contributed by atoms with van der Waals surface area (Å²) in [6.07, 6.45) is -0.106. The number of rotatable bonds is 1. The molecule has 0 aliphatic rings. The summed E-state index contributed by atoms with van der Waals surface area (Å²) in [5, 5.41) is 1.52. The van der Waals surface area contributed by atoms with E-state index in [1.807, 2.05) is 24.3 Å². The summed E-state index contributed by atoms with van der Waals surface area (Å²) in [6.45, 7) is 10.4. The Morgan fingerprint density at radius 3 is 2.00 bits per heavy atom. The van der Waals surface area contributed by atoms with Crippen molar-refractivity contribution < 1.29 is 19.1 Å². The molecular formula is C19H23IN2O4. The number of fused-ring (bicyclic) bond motifs is 1. The minimum absolute atomic E-state index is 0.183. The Kier molecular flexibility index (Phi) is 5.79. The van der Waals surface area contributed by atoms with Gasteiger partial charge in [0.1, 0.15) is 11.2 Å². The molecule has 140 valence electrons. The lowest BCUT2D eigenvalue weighted by Crippen LogP contribution is -2.44. The van der Waals surface area contributed by atoms with E-state index in [1.54, 1.807) is 47.7 Å². The van der Waals surface area contributed by atoms with Crippen LogP contribution in [-0.2, 0) is 9.47 Å². The second-order valence-corrected chi connectivity index (χ2v) is 9.04. The van der Waals surface area contributed by atoms with Gasteiger partial charge in [0, 0.05) is 15.2 Å². The Morgan fingerprint density at radius 1 is 0.962 bits per heavy atom. The molecule has 1 aromatic carbocycles. The van der Waals surface area contributed by atoms with Crippen LogP contribution in [-0.4, -0.2) is 28.4 Å². The Balaban J connectivity index is 2.57. The number of ether oxygens (including phenoxy) is 2. The van der Waals surface area contributed by atoms with Crippen molar-refractivity contribution in [3.05, 3.63) is 34.0 Å². The summed E-state index contributed by atoms with van der Waals surface area (Å²) >= 11 is 2.20. The van der Waals surface area contributed by atoms with Crippen LogP contribution in [0.5, 0.6) is 0 Å². The number of benzene rings is 1. The maximum Gasteiger partial charge on any atom is 0.425 e. The van der Waals surface area contributed by atoms with Gasteiger partial charge in [-0.3, -0.25) is 0 Å². The van der Waals surface area contributed by atoms with Crippen LogP contribution in [0.25, 0.3) is 10.8 Å². The van der Waals surface area contributed by atoms with Gasteiger partial charge in [0.15, 0.2) is 5.82 Å². The molecule has 0 radical (unpaired) electrons. The van der Waals surface area contributed by atoms with E-state index in [1.165, 1.54) is 0 Å². The SMILES string of the molecule is CC(C)(C)OC(=O)N(C(=O)OC(C)(C)C)c1nccc2cc(I)ccc12. The fourth-order valence-electron chi connectivity index (χ4n) is 2.17. The third kappa shape index (κ3) is 5.30. The number of carbonyl (C=O) groups excluding carboxylic acids is 2. The van der Waals surface area contributed by atoms with E-state index >= 15 is 0 Å². The van der Waals surface area contributed by atoms with Crippen molar-refractivity contribution >= 4 is 51.4 Å². The first-order valence-electron chi connectivity index (χ1n) is 8.18. The summed E-state index contributed by atoms with van der Waals surface area (Å²) < 4.78 is 11.8. The molecule has 0 fully saturated rings. The van der Waals surface area contributed by atoms with Gasteiger partial charge in [-0.25, -0.2) is 14.6 Å². The number of pyridine rings is 1. The third-order valence-corrected chi connectivity index (χ3v) is 3.74. The number of aromatic nitrogens is 1. The number of nitrogens with zero attached hydrogens (tertiary/aromatic N) is 2. The Bertz CT molecular complexity index is 810. The van der Waals surface area contributed by atoms with Crippen LogP contribution < -0.4 is 4.90 Å². The molecule has 0 unspecified atom stereocenters. The average molecular weight is 470 g/mol. The standard InChI is InChI=1S/C19H23IN2O4/c1-18(2,3)25-16(23)22(17(24)26-19(4,5)6)15-14-8-7-13(20)11-12(14)9-10-21-15/h7-11H,1-6H3. The minimum atomic E-state index is -0.828. The largest absolute Gasteiger partial charge is 0.443 e. The van der Waals surface area contributed by atoms with Crippen molar-refractivity contribution in [2.75, 3.05) is 4.90 Å². The second kappa shape index (κ2) is 7.38. The molecule has 7 heteroatoms. The van der Waals surface area contributed by atoms with Crippen LogP contribution in [0.3, 0.4) is 0 Å². The maximum atomic E-state index is 12.8. The van der Waals surface area contributed by atoms with E-state index in [9.17, 15) is 9.59 Å². The van der Waals surface area contributed by atoms with Crippen molar-refractivity contribution in [3.8, 4) is 0 Å². The van der Waals surface area contributed by atoms with Gasteiger partial charge < -0.3 is 9.47 Å². The van der Waals surface area contributed by atoms with Crippen molar-refractivity contribution in [3.63, 3.8) is 0 Å². The summed E-state index contributed by atoms with van der Waals surface area (Å²) in [6, 6.07) is 7.48. The van der Waals surface area contributed by atoms with E-state index < -0.39 is 23.4 Å². The van der Waals surface area contributed by atoms with Crippen LogP contribution in [0.1, 0.15) is 41.5 Å². The first-order valence-corrected chi connectivity index (χ1v) is 9.26. The van der Waals surface area contributed by atoms with Crippen LogP contribution in [0.15, 0.2) is 30.5 Å². The zero-order chi connectivity index (χ0) is 19.7. The lowest BCUT2D eigenvalue weighted by molar-refractivity contribution is 0.0429. The molecule has 1 heterocycles. The smallest absolute Gasteiger partial charge is 0.425 e. The molecule has 2 amide bonds. The normalized spacial score (nSPS) is 12.0. The van der Waals surface area contributed by atoms with Gasteiger partial charge in [-0.15, -0.1) is 0 Å². The van der Waals surface area contributed by atoms with Crippen molar-refractivity contribution in [2.45, 2.75) is 52.7 Å². The number of hydrogen-bond acceptors (Lipinski definition) is 5. The average Bonchev–Trinajstić information content (AvgIpc) is 2.43. The number of halogens is 1. The number of imide groups is 1. The third-order valence-electron chi connectivity index (χ3n) is 3.07. The first kappa shape index (κ1) is 20.4. The molecule has 0 atom stereocenters. The van der Waals surface area contributed by atoms with E-state index in [0.29, 0.717) is 5.39 Å². The fraction of sp³-hybridized carbons (Fsp3) is 0.421. The fourth-order valence-corrected chi connectivity index (χ4v) is 2.69. The molecular weight excluding hydrogens is 447 g/mol. The first-order chi connectivity index (χ1) is 11.9. The molecule has 1 aromatic heterocycles. The van der Waals surface area contributed by atoms with Crippen LogP contribution >= 0.6 is 22.6 Å². The summed E-state index contributed by atoms with van der Waals surface area (Å²) in [4.78, 5) is 30.6. The Hall–Kier alpha value is -1.90. The second-order valence-electron chi connectivity index (χ2n) is 7.80. The summed E-state index contributed by atoms with van der Waals surface area (Å²) in [5.41, 5.74) is -1.53. The highest BCUT2D eigenvalue weighted by molar-refractivity contribution is 14.1. The van der Waals surface area contributed by atoms with E-state index in [-0.39, 0.29) is 5.82 Å². The molecule has 26 heavy (non-hydrogen) atoms. The highest BCUT2D eigenvalue weighted by atomic mass is 127. The van der Waals surface area contributed by atoms with Gasteiger partial charge in [0.2, 0.25) is 0 Å². The molecule has 0 saturated heterocycles. The predicted octanol–water partition coefficient (Wildman–Crippen LogP) is 5.52. The molecule has 0 bridgehead atoms. The van der Waals surface area contributed by atoms with Crippen molar-refractivity contribution in [1.29, 1.82) is 0 Å². The minimum Gasteiger partial charge on any atom is -0.443 e. The Labute approximate surface area is 167 Å². The lowest BCUT2D eigenvalue weighted by Gasteiger charge is -2.28. The highest BCUT2D eigenvalue weighted by Crippen LogP contribution is 2.28. The van der Waals surface area contributed by atoms with Gasteiger partial charge in [0.05, 0.1) is 0 Å². The van der Waals surface area contributed by atoms with Gasteiger partial charge in [-0.2, -0.15) is 4.90 Å². The van der Waals surface area contributed by atoms with Crippen LogP contribution in [0.4, 0.5) is 15.4 Å². The molecule has 0 aliphatic carbocycles. The van der Waals surface area contributed by atoms with Crippen LogP contribution in [0, 0.1) is 3.57 Å². The molecule has 0 spiro atoms. The Morgan fingerprint density at radius 2 is 1.50 bits per heavy atom. The van der Waals surface area contributed by atoms with Gasteiger partial charge >= 0.3 is 12.2 Å². The molecule has 6 nitrogen and oxygen atoms in total. The molecule has 0 saturated carbocycles. The summed E-state index contributed by atoms with van der Waals surface area (Å²) in [7, 11) is 0. The number of hydrogen-bond donors (Lipinski definition) is 0. The maximum absolute atomic E-state index is 12.8. The van der Waals surface area contributed by atoms with Gasteiger partial charge in [-0.05, 0) is 93.8 Å². The summed E-state index contributed by atoms with van der Waals surface area (Å²) in [5.74, 6) is 0.183. The van der Waals surface area contributed by atoms with Gasteiger partial charge in [-0.1, -0.05) is 0 Å². The highest BCUT2D eigenvalue weighted by Gasteiger charge is 2.34. The number of carbonyl (C=O) groups is 2. The zero-order valence-electron chi connectivity index (χ0n) is 15.8. The monoisotopic (exact) mass is 470 g/mol. The van der Waals surface area contributed by atoms with E-state index in [4.69, 9.17) is 9.47 Å². The predicted molar refractivity (Wildman–Crippen MR) is 109 cm³/mol. The quantitative estimate of drug-likeness (QED) is 0.514. The van der Waals surface area contributed by atoms with E-state index in [2.05, 4.69) is 27.6 Å². The number of amides is 2. The van der Waals surface area contributed by atoms with Gasteiger partial charge in [0.25, 0.3) is 0 Å². The molecule has 0 N–H and O–H groups in total. The van der Waals surface area contributed by atoms with E-state index in [0.717, 1.165) is 13.9 Å². The topological polar surface area (TPSA) is 68.7 Å². The molecule has 2 rings (SSSR count). The lowest BCUT2D eigenvalue weighted by atomic mass is 10.1. The van der Waals surface area contributed by atoms with Crippen LogP contribution in [0.2, 0.25) is 0 Å². The molecule has 2 aromatic rings.